The molecule has 21 heavy (non-hydrogen) atoms. The quantitative estimate of drug-likeness (QED) is 0.906. The second kappa shape index (κ2) is 6.37. The van der Waals surface area contributed by atoms with E-state index in [1.807, 2.05) is 0 Å². The first kappa shape index (κ1) is 14.9. The molecule has 1 aromatic carbocycles. The van der Waals surface area contributed by atoms with Crippen LogP contribution < -0.4 is 4.90 Å². The van der Waals surface area contributed by atoms with Crippen LogP contribution in [0.2, 0.25) is 0 Å². The summed E-state index contributed by atoms with van der Waals surface area (Å²) in [5, 5.41) is 10.2. The van der Waals surface area contributed by atoms with Gasteiger partial charge in [-0.05, 0) is 43.9 Å². The van der Waals surface area contributed by atoms with Crippen molar-refractivity contribution >= 4 is 5.69 Å². The van der Waals surface area contributed by atoms with Gasteiger partial charge in [-0.25, -0.2) is 0 Å². The Morgan fingerprint density at radius 3 is 2.43 bits per heavy atom. The van der Waals surface area contributed by atoms with Crippen LogP contribution in [0.5, 0.6) is 0 Å². The predicted molar refractivity (Wildman–Crippen MR) is 88.0 cm³/mol. The highest BCUT2D eigenvalue weighted by atomic mass is 16.3. The van der Waals surface area contributed by atoms with E-state index in [0.717, 1.165) is 32.6 Å². The van der Waals surface area contributed by atoms with Gasteiger partial charge >= 0.3 is 0 Å². The predicted octanol–water partition coefficient (Wildman–Crippen LogP) is 2.73. The summed E-state index contributed by atoms with van der Waals surface area (Å²) in [6, 6.07) is 7.00. The lowest BCUT2D eigenvalue weighted by Gasteiger charge is -2.43. The molecule has 2 unspecified atom stereocenters. The van der Waals surface area contributed by atoms with E-state index >= 15 is 0 Å². The molecule has 0 amide bonds. The lowest BCUT2D eigenvalue weighted by Crippen LogP contribution is -2.54. The molecule has 2 aliphatic rings. The first-order valence-electron chi connectivity index (χ1n) is 8.40. The Morgan fingerprint density at radius 2 is 1.71 bits per heavy atom. The normalized spacial score (nSPS) is 27.9. The number of aliphatic hydroxyl groups excluding tert-OH is 1. The number of hydrogen-bond acceptors (Lipinski definition) is 3. The van der Waals surface area contributed by atoms with E-state index in [9.17, 15) is 5.11 Å². The first-order valence-corrected chi connectivity index (χ1v) is 8.40. The molecule has 116 valence electrons. The van der Waals surface area contributed by atoms with E-state index in [1.54, 1.807) is 0 Å². The SMILES string of the molecule is Cc1cccc(N2CCN(C3CCCCC3O)CC2)c1C. The minimum atomic E-state index is -0.106. The van der Waals surface area contributed by atoms with E-state index in [2.05, 4.69) is 41.8 Å². The number of anilines is 1. The van der Waals surface area contributed by atoms with Gasteiger partial charge in [0, 0.05) is 37.9 Å². The molecule has 1 aliphatic heterocycles. The van der Waals surface area contributed by atoms with Crippen LogP contribution in [-0.2, 0) is 0 Å². The van der Waals surface area contributed by atoms with Gasteiger partial charge in [0.1, 0.15) is 0 Å². The van der Waals surface area contributed by atoms with Gasteiger partial charge in [-0.3, -0.25) is 4.90 Å². The van der Waals surface area contributed by atoms with Gasteiger partial charge in [0.15, 0.2) is 0 Å². The zero-order valence-electron chi connectivity index (χ0n) is 13.4. The zero-order chi connectivity index (χ0) is 14.8. The van der Waals surface area contributed by atoms with Gasteiger partial charge in [-0.2, -0.15) is 0 Å². The Kier molecular flexibility index (Phi) is 4.51. The smallest absolute Gasteiger partial charge is 0.0695 e. The third-order valence-electron chi connectivity index (χ3n) is 5.39. The summed E-state index contributed by atoms with van der Waals surface area (Å²) >= 11 is 0. The topological polar surface area (TPSA) is 26.7 Å². The summed E-state index contributed by atoms with van der Waals surface area (Å²) in [4.78, 5) is 5.03. The van der Waals surface area contributed by atoms with Crippen molar-refractivity contribution in [3.8, 4) is 0 Å². The fraction of sp³-hybridized carbons (Fsp3) is 0.667. The Bertz CT molecular complexity index is 480. The van der Waals surface area contributed by atoms with Crippen LogP contribution in [0.15, 0.2) is 18.2 Å². The molecule has 0 spiro atoms. The Hall–Kier alpha value is -1.06. The summed E-state index contributed by atoms with van der Waals surface area (Å²) in [5.41, 5.74) is 4.17. The molecule has 1 aromatic rings. The van der Waals surface area contributed by atoms with Crippen molar-refractivity contribution in [3.05, 3.63) is 29.3 Å². The van der Waals surface area contributed by atoms with Gasteiger partial charge in [-0.15, -0.1) is 0 Å². The minimum Gasteiger partial charge on any atom is -0.391 e. The van der Waals surface area contributed by atoms with Crippen LogP contribution in [0, 0.1) is 13.8 Å². The average Bonchev–Trinajstić information content (AvgIpc) is 2.51. The van der Waals surface area contributed by atoms with Gasteiger partial charge in [0.2, 0.25) is 0 Å². The number of nitrogens with zero attached hydrogens (tertiary/aromatic N) is 2. The third kappa shape index (κ3) is 3.09. The molecule has 1 aliphatic carbocycles. The van der Waals surface area contributed by atoms with E-state index in [4.69, 9.17) is 0 Å². The maximum absolute atomic E-state index is 10.2. The van der Waals surface area contributed by atoms with Crippen molar-refractivity contribution in [1.82, 2.24) is 4.90 Å². The van der Waals surface area contributed by atoms with Gasteiger partial charge < -0.3 is 10.0 Å². The maximum Gasteiger partial charge on any atom is 0.0695 e. The molecular weight excluding hydrogens is 260 g/mol. The monoisotopic (exact) mass is 288 g/mol. The second-order valence-corrected chi connectivity index (χ2v) is 6.66. The van der Waals surface area contributed by atoms with E-state index in [0.29, 0.717) is 6.04 Å². The number of hydrogen-bond donors (Lipinski definition) is 1. The first-order chi connectivity index (χ1) is 10.2. The van der Waals surface area contributed by atoms with E-state index in [1.165, 1.54) is 36.1 Å². The molecule has 1 heterocycles. The molecule has 3 heteroatoms. The summed E-state index contributed by atoms with van der Waals surface area (Å²) < 4.78 is 0. The Labute approximate surface area is 128 Å². The summed E-state index contributed by atoms with van der Waals surface area (Å²) in [5.74, 6) is 0. The zero-order valence-corrected chi connectivity index (χ0v) is 13.4. The standard InChI is InChI=1S/C18H28N2O/c1-14-6-5-8-16(15(14)2)19-10-12-20(13-11-19)17-7-3-4-9-18(17)21/h5-6,8,17-18,21H,3-4,7,9-13H2,1-2H3. The van der Waals surface area contributed by atoms with Crippen LogP contribution in [0.25, 0.3) is 0 Å². The van der Waals surface area contributed by atoms with Gasteiger partial charge in [0.05, 0.1) is 6.10 Å². The van der Waals surface area contributed by atoms with E-state index < -0.39 is 0 Å². The number of rotatable bonds is 2. The Morgan fingerprint density at radius 1 is 1.00 bits per heavy atom. The van der Waals surface area contributed by atoms with Gasteiger partial charge in [-0.1, -0.05) is 25.0 Å². The van der Waals surface area contributed by atoms with Crippen LogP contribution in [-0.4, -0.2) is 48.3 Å². The molecule has 2 atom stereocenters. The van der Waals surface area contributed by atoms with Crippen LogP contribution in [0.1, 0.15) is 36.8 Å². The van der Waals surface area contributed by atoms with Crippen molar-refractivity contribution in [2.75, 3.05) is 31.1 Å². The summed E-state index contributed by atoms with van der Waals surface area (Å²) in [6.07, 6.45) is 4.52. The van der Waals surface area contributed by atoms with Crippen LogP contribution >= 0.6 is 0 Å². The molecule has 0 bridgehead atoms. The minimum absolute atomic E-state index is 0.106. The van der Waals surface area contributed by atoms with E-state index in [-0.39, 0.29) is 6.10 Å². The van der Waals surface area contributed by atoms with Crippen molar-refractivity contribution in [1.29, 1.82) is 0 Å². The molecule has 1 saturated carbocycles. The average molecular weight is 288 g/mol. The second-order valence-electron chi connectivity index (χ2n) is 6.66. The highest BCUT2D eigenvalue weighted by Gasteiger charge is 2.31. The summed E-state index contributed by atoms with van der Waals surface area (Å²) in [6.45, 7) is 8.72. The molecule has 3 nitrogen and oxygen atoms in total. The molecule has 2 fully saturated rings. The molecule has 0 aromatic heterocycles. The van der Waals surface area contributed by atoms with Crippen LogP contribution in [0.3, 0.4) is 0 Å². The lowest BCUT2D eigenvalue weighted by atomic mass is 9.91. The lowest BCUT2D eigenvalue weighted by molar-refractivity contribution is 0.0173. The third-order valence-corrected chi connectivity index (χ3v) is 5.39. The largest absolute Gasteiger partial charge is 0.391 e. The maximum atomic E-state index is 10.2. The van der Waals surface area contributed by atoms with Crippen molar-refractivity contribution < 1.29 is 5.11 Å². The van der Waals surface area contributed by atoms with Crippen molar-refractivity contribution in [2.45, 2.75) is 51.7 Å². The van der Waals surface area contributed by atoms with Crippen molar-refractivity contribution in [2.24, 2.45) is 0 Å². The molecule has 1 N–H and O–H groups in total. The molecule has 0 radical (unpaired) electrons. The summed E-state index contributed by atoms with van der Waals surface area (Å²) in [7, 11) is 0. The van der Waals surface area contributed by atoms with Crippen molar-refractivity contribution in [3.63, 3.8) is 0 Å². The fourth-order valence-electron chi connectivity index (χ4n) is 3.89. The number of aliphatic hydroxyl groups is 1. The van der Waals surface area contributed by atoms with Gasteiger partial charge in [0.25, 0.3) is 0 Å². The number of aryl methyl sites for hydroxylation is 1. The number of benzene rings is 1. The molecule has 3 rings (SSSR count). The molecular formula is C18H28N2O. The highest BCUT2D eigenvalue weighted by molar-refractivity contribution is 5.56. The Balaban J connectivity index is 1.63. The number of piperazine rings is 1. The fourth-order valence-corrected chi connectivity index (χ4v) is 3.89. The highest BCUT2D eigenvalue weighted by Crippen LogP contribution is 2.27. The molecule has 1 saturated heterocycles. The van der Waals surface area contributed by atoms with Crippen LogP contribution in [0.4, 0.5) is 5.69 Å².